The van der Waals surface area contributed by atoms with Crippen LogP contribution >= 0.6 is 0 Å². The van der Waals surface area contributed by atoms with Gasteiger partial charge in [0.25, 0.3) is 5.91 Å². The van der Waals surface area contributed by atoms with Crippen LogP contribution in [0.1, 0.15) is 16.1 Å². The average Bonchev–Trinajstić information content (AvgIpc) is 1.96. The molecule has 1 amide bonds. The Morgan fingerprint density at radius 1 is 1.67 bits per heavy atom. The maximum atomic E-state index is 13.0. The molecule has 0 aliphatic rings. The Hall–Kier alpha value is -1.65. The van der Waals surface area contributed by atoms with Crippen molar-refractivity contribution in [2.75, 3.05) is 5.73 Å². The molecule has 0 aliphatic heterocycles. The van der Waals surface area contributed by atoms with E-state index >= 15 is 0 Å². The number of halogens is 1. The van der Waals surface area contributed by atoms with Crippen LogP contribution in [0.3, 0.4) is 0 Å². The van der Waals surface area contributed by atoms with Gasteiger partial charge in [-0.25, -0.2) is 9.37 Å². The molecule has 1 rings (SSSR count). The largest absolute Gasteiger partial charge is 0.384 e. The standard InChI is InChI=1S/C7H8FN3O/c1-3-2-4(9)11-6(5(3)8)7(10)12/h2H,1H3,(H2,9,11)(H2,10,12). The number of primary amides is 1. The lowest BCUT2D eigenvalue weighted by Crippen LogP contribution is -2.17. The van der Waals surface area contributed by atoms with Gasteiger partial charge >= 0.3 is 0 Å². The predicted molar refractivity (Wildman–Crippen MR) is 41.9 cm³/mol. The molecular formula is C7H8FN3O. The van der Waals surface area contributed by atoms with Crippen LogP contribution in [0.2, 0.25) is 0 Å². The molecule has 0 aliphatic carbocycles. The number of hydrogen-bond donors (Lipinski definition) is 2. The monoisotopic (exact) mass is 169 g/mol. The highest BCUT2D eigenvalue weighted by molar-refractivity contribution is 5.91. The number of carbonyl (C=O) groups is 1. The SMILES string of the molecule is Cc1cc(N)nc(C(N)=O)c1F. The molecule has 64 valence electrons. The van der Waals surface area contributed by atoms with Crippen molar-refractivity contribution in [2.24, 2.45) is 5.73 Å². The zero-order valence-electron chi connectivity index (χ0n) is 6.47. The van der Waals surface area contributed by atoms with Gasteiger partial charge in [-0.2, -0.15) is 0 Å². The first-order chi connectivity index (χ1) is 5.52. The number of aromatic nitrogens is 1. The number of hydrogen-bond acceptors (Lipinski definition) is 3. The van der Waals surface area contributed by atoms with E-state index in [0.717, 1.165) is 0 Å². The third-order valence-electron chi connectivity index (χ3n) is 1.39. The number of nitrogen functional groups attached to an aromatic ring is 1. The maximum Gasteiger partial charge on any atom is 0.270 e. The summed E-state index contributed by atoms with van der Waals surface area (Å²) >= 11 is 0. The summed E-state index contributed by atoms with van der Waals surface area (Å²) in [6, 6.07) is 1.34. The second kappa shape index (κ2) is 2.77. The van der Waals surface area contributed by atoms with Crippen molar-refractivity contribution in [1.82, 2.24) is 4.98 Å². The molecule has 0 bridgehead atoms. The minimum Gasteiger partial charge on any atom is -0.384 e. The zero-order chi connectivity index (χ0) is 9.30. The van der Waals surface area contributed by atoms with Gasteiger partial charge in [-0.1, -0.05) is 0 Å². The highest BCUT2D eigenvalue weighted by Gasteiger charge is 2.12. The Balaban J connectivity index is 3.37. The van der Waals surface area contributed by atoms with Crippen LogP contribution < -0.4 is 11.5 Å². The van der Waals surface area contributed by atoms with Crippen molar-refractivity contribution in [3.63, 3.8) is 0 Å². The number of pyridine rings is 1. The van der Waals surface area contributed by atoms with Crippen molar-refractivity contribution >= 4 is 11.7 Å². The first-order valence-corrected chi connectivity index (χ1v) is 3.25. The van der Waals surface area contributed by atoms with Gasteiger partial charge in [0, 0.05) is 0 Å². The molecule has 0 unspecified atom stereocenters. The van der Waals surface area contributed by atoms with Crippen molar-refractivity contribution < 1.29 is 9.18 Å². The normalized spacial score (nSPS) is 9.83. The van der Waals surface area contributed by atoms with Crippen LogP contribution in [0.5, 0.6) is 0 Å². The van der Waals surface area contributed by atoms with E-state index < -0.39 is 17.4 Å². The molecule has 1 heterocycles. The third-order valence-corrected chi connectivity index (χ3v) is 1.39. The van der Waals surface area contributed by atoms with Crippen LogP contribution in [0.15, 0.2) is 6.07 Å². The average molecular weight is 169 g/mol. The van der Waals surface area contributed by atoms with E-state index in [1.165, 1.54) is 13.0 Å². The number of aryl methyl sites for hydroxylation is 1. The smallest absolute Gasteiger partial charge is 0.270 e. The fraction of sp³-hybridized carbons (Fsp3) is 0.143. The summed E-state index contributed by atoms with van der Waals surface area (Å²) < 4.78 is 13.0. The van der Waals surface area contributed by atoms with Crippen LogP contribution in [0, 0.1) is 12.7 Å². The molecule has 4 N–H and O–H groups in total. The molecule has 0 saturated carbocycles. The van der Waals surface area contributed by atoms with Gasteiger partial charge in [-0.15, -0.1) is 0 Å². The number of nitrogens with two attached hydrogens (primary N) is 2. The van der Waals surface area contributed by atoms with E-state index in [4.69, 9.17) is 11.5 Å². The third kappa shape index (κ3) is 1.34. The molecule has 0 atom stereocenters. The molecule has 0 fully saturated rings. The predicted octanol–water partition coefficient (Wildman–Crippen LogP) is 0.210. The van der Waals surface area contributed by atoms with Gasteiger partial charge in [0.05, 0.1) is 0 Å². The lowest BCUT2D eigenvalue weighted by Gasteiger charge is -2.01. The summed E-state index contributed by atoms with van der Waals surface area (Å²) in [5.41, 5.74) is 9.99. The Kier molecular flexibility index (Phi) is 1.95. The number of anilines is 1. The number of rotatable bonds is 1. The van der Waals surface area contributed by atoms with E-state index in [-0.39, 0.29) is 11.4 Å². The van der Waals surface area contributed by atoms with E-state index in [9.17, 15) is 9.18 Å². The van der Waals surface area contributed by atoms with Crippen molar-refractivity contribution in [3.8, 4) is 0 Å². The lowest BCUT2D eigenvalue weighted by atomic mass is 10.2. The van der Waals surface area contributed by atoms with Crippen LogP contribution in [-0.4, -0.2) is 10.9 Å². The van der Waals surface area contributed by atoms with Gasteiger partial charge in [-0.05, 0) is 18.6 Å². The molecule has 12 heavy (non-hydrogen) atoms. The first kappa shape index (κ1) is 8.45. The molecule has 5 heteroatoms. The number of carbonyl (C=O) groups excluding carboxylic acids is 1. The van der Waals surface area contributed by atoms with Crippen molar-refractivity contribution in [1.29, 1.82) is 0 Å². The highest BCUT2D eigenvalue weighted by Crippen LogP contribution is 2.12. The molecule has 0 spiro atoms. The molecule has 1 aromatic rings. The van der Waals surface area contributed by atoms with E-state index in [1.807, 2.05) is 0 Å². The Morgan fingerprint density at radius 3 is 2.75 bits per heavy atom. The van der Waals surface area contributed by atoms with Crippen molar-refractivity contribution in [2.45, 2.75) is 6.92 Å². The number of amides is 1. The van der Waals surface area contributed by atoms with Gasteiger partial charge in [0.15, 0.2) is 11.5 Å². The molecule has 0 saturated heterocycles. The Morgan fingerprint density at radius 2 is 2.25 bits per heavy atom. The summed E-state index contributed by atoms with van der Waals surface area (Å²) in [5, 5.41) is 0. The fourth-order valence-electron chi connectivity index (χ4n) is 0.846. The summed E-state index contributed by atoms with van der Waals surface area (Å²) in [4.78, 5) is 14.1. The van der Waals surface area contributed by atoms with Gasteiger partial charge in [0.1, 0.15) is 5.82 Å². The zero-order valence-corrected chi connectivity index (χ0v) is 6.47. The highest BCUT2D eigenvalue weighted by atomic mass is 19.1. The van der Waals surface area contributed by atoms with Crippen LogP contribution in [0.4, 0.5) is 10.2 Å². The molecule has 0 aromatic carbocycles. The fourth-order valence-corrected chi connectivity index (χ4v) is 0.846. The van der Waals surface area contributed by atoms with E-state index in [2.05, 4.69) is 4.98 Å². The van der Waals surface area contributed by atoms with Gasteiger partial charge in [-0.3, -0.25) is 4.79 Å². The molecule has 4 nitrogen and oxygen atoms in total. The second-order valence-electron chi connectivity index (χ2n) is 2.39. The van der Waals surface area contributed by atoms with Gasteiger partial charge < -0.3 is 11.5 Å². The molecular weight excluding hydrogens is 161 g/mol. The summed E-state index contributed by atoms with van der Waals surface area (Å²) in [7, 11) is 0. The lowest BCUT2D eigenvalue weighted by molar-refractivity contribution is 0.0991. The van der Waals surface area contributed by atoms with E-state index in [0.29, 0.717) is 0 Å². The Labute approximate surface area is 68.4 Å². The van der Waals surface area contributed by atoms with Crippen molar-refractivity contribution in [3.05, 3.63) is 23.1 Å². The summed E-state index contributed by atoms with van der Waals surface area (Å²) in [6.07, 6.45) is 0. The van der Waals surface area contributed by atoms with Crippen LogP contribution in [-0.2, 0) is 0 Å². The number of nitrogens with zero attached hydrogens (tertiary/aromatic N) is 1. The summed E-state index contributed by atoms with van der Waals surface area (Å²) in [6.45, 7) is 1.49. The molecule has 0 radical (unpaired) electrons. The first-order valence-electron chi connectivity index (χ1n) is 3.25. The maximum absolute atomic E-state index is 13.0. The van der Waals surface area contributed by atoms with Gasteiger partial charge in [0.2, 0.25) is 0 Å². The summed E-state index contributed by atoms with van der Waals surface area (Å²) in [5.74, 6) is -1.54. The topological polar surface area (TPSA) is 82.0 Å². The minimum atomic E-state index is -0.914. The van der Waals surface area contributed by atoms with Crippen LogP contribution in [0.25, 0.3) is 0 Å². The second-order valence-corrected chi connectivity index (χ2v) is 2.39. The minimum absolute atomic E-state index is 0.0858. The quantitative estimate of drug-likeness (QED) is 0.630. The Bertz CT molecular complexity index is 338. The molecule has 1 aromatic heterocycles. The van der Waals surface area contributed by atoms with E-state index in [1.54, 1.807) is 0 Å².